The first-order valence-corrected chi connectivity index (χ1v) is 7.68. The van der Waals surface area contributed by atoms with Gasteiger partial charge in [-0.2, -0.15) is 0 Å². The number of aromatic hydroxyl groups is 1. The molecule has 0 amide bonds. The molecule has 19 heavy (non-hydrogen) atoms. The number of benzene rings is 1. The quantitative estimate of drug-likeness (QED) is 0.833. The molecule has 0 saturated heterocycles. The highest BCUT2D eigenvalue weighted by atomic mass is 16.3. The van der Waals surface area contributed by atoms with Gasteiger partial charge in [0.15, 0.2) is 0 Å². The lowest BCUT2D eigenvalue weighted by atomic mass is 9.86. The molecule has 2 N–H and O–H groups in total. The van der Waals surface area contributed by atoms with Gasteiger partial charge in [0.2, 0.25) is 0 Å². The van der Waals surface area contributed by atoms with Crippen molar-refractivity contribution in [2.24, 2.45) is 5.92 Å². The first-order chi connectivity index (χ1) is 9.10. The van der Waals surface area contributed by atoms with E-state index in [4.69, 9.17) is 0 Å². The molecule has 0 radical (unpaired) electrons. The van der Waals surface area contributed by atoms with Crippen LogP contribution in [-0.4, -0.2) is 11.1 Å². The Morgan fingerprint density at radius 2 is 2.16 bits per heavy atom. The van der Waals surface area contributed by atoms with Gasteiger partial charge in [0, 0.05) is 12.1 Å². The topological polar surface area (TPSA) is 32.3 Å². The zero-order chi connectivity index (χ0) is 13.8. The summed E-state index contributed by atoms with van der Waals surface area (Å²) in [4.78, 5) is 0. The van der Waals surface area contributed by atoms with Gasteiger partial charge in [-0.1, -0.05) is 26.3 Å². The predicted octanol–water partition coefficient (Wildman–Crippen LogP) is 4.18. The van der Waals surface area contributed by atoms with Gasteiger partial charge in [0.05, 0.1) is 0 Å². The average molecular weight is 261 g/mol. The summed E-state index contributed by atoms with van der Waals surface area (Å²) in [6.45, 7) is 6.85. The maximum Gasteiger partial charge on any atom is 0.115 e. The molecule has 0 aliphatic heterocycles. The van der Waals surface area contributed by atoms with E-state index in [-0.39, 0.29) is 0 Å². The summed E-state index contributed by atoms with van der Waals surface area (Å²) in [5.41, 5.74) is 2.71. The molecule has 0 bridgehead atoms. The fourth-order valence-electron chi connectivity index (χ4n) is 3.14. The Hall–Kier alpha value is -1.02. The maximum absolute atomic E-state index is 9.70. The number of hydrogen-bond donors (Lipinski definition) is 2. The summed E-state index contributed by atoms with van der Waals surface area (Å²) in [6, 6.07) is 6.78. The Balaban J connectivity index is 2.04. The molecule has 2 nitrogen and oxygen atoms in total. The van der Waals surface area contributed by atoms with Gasteiger partial charge in [0.25, 0.3) is 0 Å². The highest BCUT2D eigenvalue weighted by Gasteiger charge is 2.22. The molecular weight excluding hydrogens is 234 g/mol. The molecule has 0 fully saturated rings. The molecule has 3 unspecified atom stereocenters. The lowest BCUT2D eigenvalue weighted by Crippen LogP contribution is -2.33. The van der Waals surface area contributed by atoms with Crippen molar-refractivity contribution >= 4 is 0 Å². The fourth-order valence-corrected chi connectivity index (χ4v) is 3.14. The SMILES string of the molecule is CCC(C)CC(C)NC1CCCc2ccc(O)cc21. The molecule has 2 heteroatoms. The number of hydrogen-bond acceptors (Lipinski definition) is 2. The van der Waals surface area contributed by atoms with Crippen molar-refractivity contribution in [3.63, 3.8) is 0 Å². The van der Waals surface area contributed by atoms with E-state index in [9.17, 15) is 5.11 Å². The van der Waals surface area contributed by atoms with Crippen LogP contribution < -0.4 is 5.32 Å². The third-order valence-corrected chi connectivity index (χ3v) is 4.38. The third kappa shape index (κ3) is 3.73. The minimum atomic E-state index is 0.391. The molecule has 0 spiro atoms. The molecule has 1 aromatic rings. The lowest BCUT2D eigenvalue weighted by molar-refractivity contribution is 0.353. The average Bonchev–Trinajstić information content (AvgIpc) is 2.39. The van der Waals surface area contributed by atoms with E-state index in [0.29, 0.717) is 17.8 Å². The van der Waals surface area contributed by atoms with Gasteiger partial charge in [0.1, 0.15) is 5.75 Å². The van der Waals surface area contributed by atoms with Crippen molar-refractivity contribution in [2.75, 3.05) is 0 Å². The van der Waals surface area contributed by atoms with Crippen LogP contribution in [0.15, 0.2) is 18.2 Å². The highest BCUT2D eigenvalue weighted by molar-refractivity contribution is 5.38. The monoisotopic (exact) mass is 261 g/mol. The summed E-state index contributed by atoms with van der Waals surface area (Å²) in [5.74, 6) is 1.16. The van der Waals surface area contributed by atoms with Crippen LogP contribution in [-0.2, 0) is 6.42 Å². The highest BCUT2D eigenvalue weighted by Crippen LogP contribution is 2.32. The normalized spacial score (nSPS) is 21.7. The second-order valence-corrected chi connectivity index (χ2v) is 6.14. The van der Waals surface area contributed by atoms with Gasteiger partial charge < -0.3 is 10.4 Å². The van der Waals surface area contributed by atoms with Gasteiger partial charge in [-0.05, 0) is 61.8 Å². The van der Waals surface area contributed by atoms with Crippen molar-refractivity contribution in [3.8, 4) is 5.75 Å². The largest absolute Gasteiger partial charge is 0.508 e. The Morgan fingerprint density at radius 1 is 1.37 bits per heavy atom. The molecule has 106 valence electrons. The summed E-state index contributed by atoms with van der Waals surface area (Å²) in [6.07, 6.45) is 6.04. The van der Waals surface area contributed by atoms with Crippen LogP contribution in [0.25, 0.3) is 0 Å². The number of nitrogens with one attached hydrogen (secondary N) is 1. The minimum Gasteiger partial charge on any atom is -0.508 e. The van der Waals surface area contributed by atoms with Crippen LogP contribution in [0.5, 0.6) is 5.75 Å². The second-order valence-electron chi connectivity index (χ2n) is 6.14. The molecule has 0 aromatic heterocycles. The van der Waals surface area contributed by atoms with E-state index in [2.05, 4.69) is 32.2 Å². The van der Waals surface area contributed by atoms with E-state index in [0.717, 1.165) is 12.3 Å². The van der Waals surface area contributed by atoms with Crippen molar-refractivity contribution in [3.05, 3.63) is 29.3 Å². The number of fused-ring (bicyclic) bond motifs is 1. The molecule has 1 aliphatic carbocycles. The van der Waals surface area contributed by atoms with E-state index < -0.39 is 0 Å². The zero-order valence-corrected chi connectivity index (χ0v) is 12.4. The molecular formula is C17H27NO. The van der Waals surface area contributed by atoms with Crippen molar-refractivity contribution < 1.29 is 5.11 Å². The summed E-state index contributed by atoms with van der Waals surface area (Å²) < 4.78 is 0. The first-order valence-electron chi connectivity index (χ1n) is 7.68. The first kappa shape index (κ1) is 14.4. The molecule has 1 aromatic carbocycles. The minimum absolute atomic E-state index is 0.391. The summed E-state index contributed by atoms with van der Waals surface area (Å²) in [5, 5.41) is 13.5. The Morgan fingerprint density at radius 3 is 2.89 bits per heavy atom. The van der Waals surface area contributed by atoms with Crippen LogP contribution >= 0.6 is 0 Å². The van der Waals surface area contributed by atoms with E-state index >= 15 is 0 Å². The predicted molar refractivity (Wildman–Crippen MR) is 80.5 cm³/mol. The molecule has 3 atom stereocenters. The lowest BCUT2D eigenvalue weighted by Gasteiger charge is -2.30. The number of aryl methyl sites for hydroxylation is 1. The van der Waals surface area contributed by atoms with E-state index in [1.54, 1.807) is 0 Å². The van der Waals surface area contributed by atoms with Crippen LogP contribution in [0.3, 0.4) is 0 Å². The summed E-state index contributed by atoms with van der Waals surface area (Å²) in [7, 11) is 0. The molecule has 0 heterocycles. The van der Waals surface area contributed by atoms with E-state index in [1.165, 1.54) is 36.8 Å². The Kier molecular flexibility index (Phi) is 4.87. The van der Waals surface area contributed by atoms with Gasteiger partial charge >= 0.3 is 0 Å². The molecule has 2 rings (SSSR count). The second kappa shape index (κ2) is 6.42. The standard InChI is InChI=1S/C17H27NO/c1-4-12(2)10-13(3)18-17-7-5-6-14-8-9-15(19)11-16(14)17/h8-9,11-13,17-19H,4-7,10H2,1-3H3. The molecule has 1 aliphatic rings. The van der Waals surface area contributed by atoms with Crippen molar-refractivity contribution in [2.45, 2.75) is 65.0 Å². The number of phenols is 1. The number of phenolic OH excluding ortho intramolecular Hbond substituents is 1. The fraction of sp³-hybridized carbons (Fsp3) is 0.647. The molecule has 0 saturated carbocycles. The summed E-state index contributed by atoms with van der Waals surface area (Å²) >= 11 is 0. The van der Waals surface area contributed by atoms with Gasteiger partial charge in [-0.3, -0.25) is 0 Å². The Bertz CT molecular complexity index is 416. The number of rotatable bonds is 5. The Labute approximate surface area is 117 Å². The van der Waals surface area contributed by atoms with Gasteiger partial charge in [-0.25, -0.2) is 0 Å². The maximum atomic E-state index is 9.70. The van der Waals surface area contributed by atoms with Crippen molar-refractivity contribution in [1.82, 2.24) is 5.32 Å². The van der Waals surface area contributed by atoms with Crippen LogP contribution in [0.4, 0.5) is 0 Å². The zero-order valence-electron chi connectivity index (χ0n) is 12.4. The van der Waals surface area contributed by atoms with Crippen molar-refractivity contribution in [1.29, 1.82) is 0 Å². The van der Waals surface area contributed by atoms with E-state index in [1.807, 2.05) is 12.1 Å². The third-order valence-electron chi connectivity index (χ3n) is 4.38. The smallest absolute Gasteiger partial charge is 0.115 e. The van der Waals surface area contributed by atoms with Gasteiger partial charge in [-0.15, -0.1) is 0 Å². The van der Waals surface area contributed by atoms with Crippen LogP contribution in [0, 0.1) is 5.92 Å². The van der Waals surface area contributed by atoms with Crippen LogP contribution in [0.2, 0.25) is 0 Å². The van der Waals surface area contributed by atoms with Crippen LogP contribution in [0.1, 0.15) is 63.6 Å².